The van der Waals surface area contributed by atoms with Crippen LogP contribution in [0.25, 0.3) is 21.8 Å². The van der Waals surface area contributed by atoms with Crippen LogP contribution in [0, 0.1) is 0 Å². The van der Waals surface area contributed by atoms with Gasteiger partial charge in [0.2, 0.25) is 0 Å². The fraction of sp³-hybridized carbons (Fsp3) is 0. The molecule has 2 aromatic carbocycles. The zero-order valence-electron chi connectivity index (χ0n) is 10.8. The molecule has 4 rings (SSSR count). The summed E-state index contributed by atoms with van der Waals surface area (Å²) >= 11 is 5.88. The van der Waals surface area contributed by atoms with Gasteiger partial charge in [0.15, 0.2) is 0 Å². The van der Waals surface area contributed by atoms with Gasteiger partial charge in [0.1, 0.15) is 0 Å². The zero-order valence-corrected chi connectivity index (χ0v) is 11.5. The Labute approximate surface area is 122 Å². The molecule has 0 aliphatic carbocycles. The average molecular weight is 281 g/mol. The summed E-state index contributed by atoms with van der Waals surface area (Å²) in [6, 6.07) is 19.9. The smallest absolute Gasteiger partial charge is 0.0701 e. The second-order valence-corrected chi connectivity index (χ2v) is 4.78. The van der Waals surface area contributed by atoms with Crippen LogP contribution >= 0.6 is 11.6 Å². The first-order valence-electron chi connectivity index (χ1n) is 6.36. The molecule has 0 fully saturated rings. The highest BCUT2D eigenvalue weighted by Gasteiger charge is 1.95. The van der Waals surface area contributed by atoms with Crippen molar-refractivity contribution in [2.75, 3.05) is 0 Å². The molecule has 1 N–H and O–H groups in total. The van der Waals surface area contributed by atoms with Crippen LogP contribution in [-0.2, 0) is 0 Å². The second-order valence-electron chi connectivity index (χ2n) is 4.37. The first-order chi connectivity index (χ1) is 9.84. The standard InChI is InChI=1S/C9H7N.C8H6ClN/c1-2-6-9-8(4-1)5-3-7-10-9;9-7-2-1-3-8-6(7)4-5-10-8/h1-7H;1-5,10H. The van der Waals surface area contributed by atoms with Crippen molar-refractivity contribution < 1.29 is 0 Å². The van der Waals surface area contributed by atoms with Crippen LogP contribution in [-0.4, -0.2) is 9.97 Å². The number of fused-ring (bicyclic) bond motifs is 2. The molecule has 0 unspecified atom stereocenters. The molecule has 3 heteroatoms. The monoisotopic (exact) mass is 280 g/mol. The summed E-state index contributed by atoms with van der Waals surface area (Å²) in [6.07, 6.45) is 3.69. The number of pyridine rings is 1. The summed E-state index contributed by atoms with van der Waals surface area (Å²) < 4.78 is 0. The van der Waals surface area contributed by atoms with Gasteiger partial charge in [0, 0.05) is 33.7 Å². The lowest BCUT2D eigenvalue weighted by molar-refractivity contribution is 1.41. The highest BCUT2D eigenvalue weighted by atomic mass is 35.5. The molecule has 20 heavy (non-hydrogen) atoms. The van der Waals surface area contributed by atoms with Crippen molar-refractivity contribution in [1.82, 2.24) is 9.97 Å². The number of rotatable bonds is 0. The van der Waals surface area contributed by atoms with Crippen LogP contribution in [0.5, 0.6) is 0 Å². The molecule has 0 saturated heterocycles. The van der Waals surface area contributed by atoms with Gasteiger partial charge < -0.3 is 4.98 Å². The molecule has 0 amide bonds. The summed E-state index contributed by atoms with van der Waals surface area (Å²) in [5, 5.41) is 3.09. The Bertz CT molecular complexity index is 771. The lowest BCUT2D eigenvalue weighted by atomic mass is 10.2. The Morgan fingerprint density at radius 3 is 2.55 bits per heavy atom. The molecule has 0 saturated carbocycles. The number of benzene rings is 2. The number of nitrogens with one attached hydrogen (secondary N) is 1. The Hall–Kier alpha value is -2.32. The van der Waals surface area contributed by atoms with Crippen LogP contribution < -0.4 is 0 Å². The average Bonchev–Trinajstić information content (AvgIpc) is 2.98. The number of para-hydroxylation sites is 1. The molecular formula is C17H13ClN2. The number of H-pyrrole nitrogens is 1. The van der Waals surface area contributed by atoms with Crippen LogP contribution in [0.2, 0.25) is 5.02 Å². The van der Waals surface area contributed by atoms with Gasteiger partial charge >= 0.3 is 0 Å². The van der Waals surface area contributed by atoms with Gasteiger partial charge in [-0.25, -0.2) is 0 Å². The predicted molar refractivity (Wildman–Crippen MR) is 85.1 cm³/mol. The minimum Gasteiger partial charge on any atom is -0.361 e. The van der Waals surface area contributed by atoms with Gasteiger partial charge in [0.05, 0.1) is 5.52 Å². The SMILES string of the molecule is Clc1cccc2[nH]ccc12.c1ccc2ncccc2c1. The first-order valence-corrected chi connectivity index (χ1v) is 6.74. The maximum Gasteiger partial charge on any atom is 0.0701 e. The molecule has 0 aliphatic rings. The predicted octanol–water partition coefficient (Wildman–Crippen LogP) is 5.06. The minimum atomic E-state index is 0.804. The number of halogens is 1. The normalized spacial score (nSPS) is 10.2. The topological polar surface area (TPSA) is 28.7 Å². The number of aromatic amines is 1. The van der Waals surface area contributed by atoms with Crippen molar-refractivity contribution >= 4 is 33.4 Å². The highest BCUT2D eigenvalue weighted by molar-refractivity contribution is 6.35. The van der Waals surface area contributed by atoms with Crippen molar-refractivity contribution in [2.24, 2.45) is 0 Å². The summed E-state index contributed by atoms with van der Waals surface area (Å²) in [5.41, 5.74) is 2.15. The van der Waals surface area contributed by atoms with Crippen molar-refractivity contribution in [3.8, 4) is 0 Å². The third kappa shape index (κ3) is 2.65. The van der Waals surface area contributed by atoms with Crippen LogP contribution in [0.3, 0.4) is 0 Å². The van der Waals surface area contributed by atoms with E-state index in [1.165, 1.54) is 5.39 Å². The molecule has 0 atom stereocenters. The lowest BCUT2D eigenvalue weighted by Gasteiger charge is -1.91. The van der Waals surface area contributed by atoms with E-state index in [1.54, 1.807) is 0 Å². The largest absolute Gasteiger partial charge is 0.361 e. The van der Waals surface area contributed by atoms with E-state index >= 15 is 0 Å². The van der Waals surface area contributed by atoms with Gasteiger partial charge in [-0.15, -0.1) is 0 Å². The molecule has 0 aliphatic heterocycles. The van der Waals surface area contributed by atoms with Crippen LogP contribution in [0.4, 0.5) is 0 Å². The van der Waals surface area contributed by atoms with E-state index in [9.17, 15) is 0 Å². The maximum absolute atomic E-state index is 5.88. The minimum absolute atomic E-state index is 0.804. The van der Waals surface area contributed by atoms with E-state index in [0.717, 1.165) is 21.4 Å². The maximum atomic E-state index is 5.88. The van der Waals surface area contributed by atoms with Crippen molar-refractivity contribution in [1.29, 1.82) is 0 Å². The fourth-order valence-corrected chi connectivity index (χ4v) is 2.30. The van der Waals surface area contributed by atoms with Crippen molar-refractivity contribution in [2.45, 2.75) is 0 Å². The number of nitrogens with zero attached hydrogens (tertiary/aromatic N) is 1. The Kier molecular flexibility index (Phi) is 3.66. The van der Waals surface area contributed by atoms with E-state index < -0.39 is 0 Å². The van der Waals surface area contributed by atoms with Gasteiger partial charge in [-0.05, 0) is 30.3 Å². The Morgan fingerprint density at radius 2 is 1.70 bits per heavy atom. The molecule has 98 valence electrons. The zero-order chi connectivity index (χ0) is 13.8. The van der Waals surface area contributed by atoms with E-state index in [4.69, 9.17) is 11.6 Å². The van der Waals surface area contributed by atoms with E-state index in [-0.39, 0.29) is 0 Å². The van der Waals surface area contributed by atoms with Gasteiger partial charge in [-0.1, -0.05) is 41.9 Å². The molecular weight excluding hydrogens is 268 g/mol. The van der Waals surface area contributed by atoms with Gasteiger partial charge in [-0.3, -0.25) is 4.98 Å². The molecule has 0 radical (unpaired) electrons. The highest BCUT2D eigenvalue weighted by Crippen LogP contribution is 2.21. The summed E-state index contributed by atoms with van der Waals surface area (Å²) in [7, 11) is 0. The third-order valence-corrected chi connectivity index (χ3v) is 3.38. The van der Waals surface area contributed by atoms with Gasteiger partial charge in [-0.2, -0.15) is 0 Å². The lowest BCUT2D eigenvalue weighted by Crippen LogP contribution is -1.73. The molecule has 0 bridgehead atoms. The third-order valence-electron chi connectivity index (χ3n) is 3.05. The van der Waals surface area contributed by atoms with Crippen LogP contribution in [0.15, 0.2) is 73.1 Å². The van der Waals surface area contributed by atoms with E-state index in [2.05, 4.69) is 22.1 Å². The van der Waals surface area contributed by atoms with E-state index in [0.29, 0.717) is 0 Å². The summed E-state index contributed by atoms with van der Waals surface area (Å²) in [6.45, 7) is 0. The summed E-state index contributed by atoms with van der Waals surface area (Å²) in [4.78, 5) is 7.26. The fourth-order valence-electron chi connectivity index (χ4n) is 2.06. The van der Waals surface area contributed by atoms with E-state index in [1.807, 2.05) is 60.9 Å². The first kappa shape index (κ1) is 12.7. The van der Waals surface area contributed by atoms with Crippen LogP contribution in [0.1, 0.15) is 0 Å². The Morgan fingerprint density at radius 1 is 0.850 bits per heavy atom. The number of hydrogen-bond donors (Lipinski definition) is 1. The number of hydrogen-bond acceptors (Lipinski definition) is 1. The molecule has 2 nitrogen and oxygen atoms in total. The second kappa shape index (κ2) is 5.76. The quantitative estimate of drug-likeness (QED) is 0.479. The molecule has 2 heterocycles. The molecule has 4 aromatic rings. The van der Waals surface area contributed by atoms with Crippen molar-refractivity contribution in [3.05, 3.63) is 78.1 Å². The molecule has 0 spiro atoms. The number of aromatic nitrogens is 2. The Balaban J connectivity index is 0.000000121. The summed E-state index contributed by atoms with van der Waals surface area (Å²) in [5.74, 6) is 0. The van der Waals surface area contributed by atoms with Crippen molar-refractivity contribution in [3.63, 3.8) is 0 Å². The van der Waals surface area contributed by atoms with Gasteiger partial charge in [0.25, 0.3) is 0 Å². The molecule has 2 aromatic heterocycles.